The molecule has 0 bridgehead atoms. The number of benzene rings is 3. The van der Waals surface area contributed by atoms with Crippen LogP contribution in [0.25, 0.3) is 11.3 Å². The number of carbonyl (C=O) groups excluding carboxylic acids is 2. The SMILES string of the molecule is CCN(C)c1ccc2c(c1)CCN(c1cccc(-c3cn(C)c(=O)c(Nc4ccc(C(=O)N5CCOCC5)cc4)n3)c1CO)C2=O. The number of aliphatic hydroxyl groups excluding tert-OH is 1. The van der Waals surface area contributed by atoms with Crippen LogP contribution >= 0.6 is 0 Å². The normalized spacial score (nSPS) is 14.7. The molecule has 0 spiro atoms. The first-order valence-corrected chi connectivity index (χ1v) is 15.5. The van der Waals surface area contributed by atoms with Gasteiger partial charge in [-0.15, -0.1) is 0 Å². The summed E-state index contributed by atoms with van der Waals surface area (Å²) in [6.07, 6.45) is 2.31. The van der Waals surface area contributed by atoms with Crippen molar-refractivity contribution < 1.29 is 19.4 Å². The molecule has 1 fully saturated rings. The molecule has 2 amide bonds. The zero-order valence-corrected chi connectivity index (χ0v) is 26.3. The van der Waals surface area contributed by atoms with E-state index in [1.165, 1.54) is 4.57 Å². The van der Waals surface area contributed by atoms with Gasteiger partial charge in [0.05, 0.1) is 31.2 Å². The summed E-state index contributed by atoms with van der Waals surface area (Å²) in [5, 5.41) is 13.7. The lowest BCUT2D eigenvalue weighted by atomic mass is 9.95. The summed E-state index contributed by atoms with van der Waals surface area (Å²) in [5.74, 6) is -0.0886. The molecule has 0 radical (unpaired) electrons. The molecular formula is C35H38N6O5. The molecule has 0 atom stereocenters. The summed E-state index contributed by atoms with van der Waals surface area (Å²) in [4.78, 5) is 49.9. The standard InChI is InChI=1S/C35H38N6O5/c1-4-38(2)26-12-13-27-24(20-26)14-15-41(34(27)44)31-7-5-6-28(29(31)22-42)30-21-39(3)35(45)32(37-30)36-25-10-8-23(9-11-25)33(43)40-16-18-46-19-17-40/h5-13,20-21,42H,4,14-19,22H2,1-3H3,(H,36,37). The number of nitrogens with one attached hydrogen (secondary N) is 1. The minimum absolute atomic E-state index is 0.0631. The Kier molecular flexibility index (Phi) is 8.87. The van der Waals surface area contributed by atoms with Gasteiger partial charge in [0, 0.05) is 80.1 Å². The molecule has 3 aromatic carbocycles. The molecule has 0 saturated carbocycles. The molecule has 2 aliphatic rings. The predicted molar refractivity (Wildman–Crippen MR) is 178 cm³/mol. The number of ether oxygens (including phenoxy) is 1. The highest BCUT2D eigenvalue weighted by molar-refractivity contribution is 6.09. The first-order chi connectivity index (χ1) is 22.3. The van der Waals surface area contributed by atoms with Crippen LogP contribution in [0.1, 0.15) is 38.8 Å². The van der Waals surface area contributed by atoms with Crippen LogP contribution in [0, 0.1) is 0 Å². The molecule has 46 heavy (non-hydrogen) atoms. The summed E-state index contributed by atoms with van der Waals surface area (Å²) in [7, 11) is 3.66. The first-order valence-electron chi connectivity index (χ1n) is 15.5. The molecule has 3 heterocycles. The Morgan fingerprint density at radius 3 is 2.50 bits per heavy atom. The van der Waals surface area contributed by atoms with Crippen molar-refractivity contribution in [3.05, 3.63) is 99.5 Å². The zero-order valence-electron chi connectivity index (χ0n) is 26.3. The topological polar surface area (TPSA) is 120 Å². The maximum Gasteiger partial charge on any atom is 0.293 e. The molecule has 4 aromatic rings. The molecule has 11 nitrogen and oxygen atoms in total. The van der Waals surface area contributed by atoms with E-state index >= 15 is 0 Å². The molecule has 11 heteroatoms. The largest absolute Gasteiger partial charge is 0.392 e. The number of anilines is 4. The summed E-state index contributed by atoms with van der Waals surface area (Å²) in [5.41, 5.74) is 5.78. The van der Waals surface area contributed by atoms with E-state index in [1.54, 1.807) is 47.3 Å². The van der Waals surface area contributed by atoms with Crippen LogP contribution in [0.15, 0.2) is 71.7 Å². The molecular weight excluding hydrogens is 584 g/mol. The van der Waals surface area contributed by atoms with Gasteiger partial charge in [-0.1, -0.05) is 12.1 Å². The number of hydrogen-bond donors (Lipinski definition) is 2. The minimum Gasteiger partial charge on any atom is -0.392 e. The third-order valence-electron chi connectivity index (χ3n) is 8.72. The van der Waals surface area contributed by atoms with Crippen molar-refractivity contribution in [2.24, 2.45) is 7.05 Å². The zero-order chi connectivity index (χ0) is 32.4. The Labute approximate surface area is 267 Å². The molecule has 1 aromatic heterocycles. The molecule has 0 unspecified atom stereocenters. The van der Waals surface area contributed by atoms with Gasteiger partial charge in [0.1, 0.15) is 0 Å². The van der Waals surface area contributed by atoms with Crippen LogP contribution in [0.4, 0.5) is 22.9 Å². The van der Waals surface area contributed by atoms with Gasteiger partial charge in [0.25, 0.3) is 17.4 Å². The number of nitrogens with zero attached hydrogens (tertiary/aromatic N) is 5. The van der Waals surface area contributed by atoms with Gasteiger partial charge in [-0.05, 0) is 67.4 Å². The predicted octanol–water partition coefficient (Wildman–Crippen LogP) is 3.81. The summed E-state index contributed by atoms with van der Waals surface area (Å²) in [6, 6.07) is 18.3. The fourth-order valence-electron chi connectivity index (χ4n) is 5.96. The van der Waals surface area contributed by atoms with Crippen LogP contribution in [0.5, 0.6) is 0 Å². The maximum atomic E-state index is 13.7. The number of aryl methyl sites for hydroxylation is 1. The fraction of sp³-hybridized carbons (Fsp3) is 0.314. The first kappa shape index (κ1) is 31.0. The summed E-state index contributed by atoms with van der Waals surface area (Å²) in [6.45, 7) is 5.26. The fourth-order valence-corrected chi connectivity index (χ4v) is 5.96. The van der Waals surface area contributed by atoms with E-state index in [0.29, 0.717) is 78.6 Å². The van der Waals surface area contributed by atoms with E-state index in [0.717, 1.165) is 17.8 Å². The number of aromatic nitrogens is 2. The highest BCUT2D eigenvalue weighted by Gasteiger charge is 2.28. The van der Waals surface area contributed by atoms with Crippen molar-refractivity contribution in [1.29, 1.82) is 0 Å². The van der Waals surface area contributed by atoms with E-state index < -0.39 is 0 Å². The average Bonchev–Trinajstić information content (AvgIpc) is 3.09. The molecule has 2 N–H and O–H groups in total. The lowest BCUT2D eigenvalue weighted by Gasteiger charge is -2.31. The summed E-state index contributed by atoms with van der Waals surface area (Å²) >= 11 is 0. The number of aliphatic hydroxyl groups is 1. The Balaban J connectivity index is 1.28. The molecule has 2 aliphatic heterocycles. The molecule has 0 aliphatic carbocycles. The van der Waals surface area contributed by atoms with Crippen molar-refractivity contribution in [2.75, 3.05) is 61.6 Å². The van der Waals surface area contributed by atoms with Gasteiger partial charge >= 0.3 is 0 Å². The second-order valence-corrected chi connectivity index (χ2v) is 11.5. The second-order valence-electron chi connectivity index (χ2n) is 11.5. The van der Waals surface area contributed by atoms with E-state index in [9.17, 15) is 19.5 Å². The number of morpholine rings is 1. The van der Waals surface area contributed by atoms with Gasteiger partial charge in [0.2, 0.25) is 0 Å². The third-order valence-corrected chi connectivity index (χ3v) is 8.72. The van der Waals surface area contributed by atoms with Gasteiger partial charge in [-0.2, -0.15) is 0 Å². The van der Waals surface area contributed by atoms with Crippen molar-refractivity contribution >= 4 is 34.7 Å². The number of fused-ring (bicyclic) bond motifs is 1. The smallest absolute Gasteiger partial charge is 0.293 e. The molecule has 6 rings (SSSR count). The van der Waals surface area contributed by atoms with Gasteiger partial charge < -0.3 is 34.4 Å². The van der Waals surface area contributed by atoms with Crippen molar-refractivity contribution in [3.63, 3.8) is 0 Å². The molecule has 1 saturated heterocycles. The Hall–Kier alpha value is -5.00. The van der Waals surface area contributed by atoms with Crippen LogP contribution in [0.2, 0.25) is 0 Å². The van der Waals surface area contributed by atoms with Gasteiger partial charge in [0.15, 0.2) is 5.82 Å². The Morgan fingerprint density at radius 2 is 1.78 bits per heavy atom. The van der Waals surface area contributed by atoms with Crippen molar-refractivity contribution in [2.45, 2.75) is 20.0 Å². The lowest BCUT2D eigenvalue weighted by molar-refractivity contribution is 0.0303. The van der Waals surface area contributed by atoms with E-state index in [1.807, 2.05) is 37.4 Å². The highest BCUT2D eigenvalue weighted by Crippen LogP contribution is 2.34. The number of rotatable bonds is 8. The highest BCUT2D eigenvalue weighted by atomic mass is 16.5. The molecule has 238 valence electrons. The lowest BCUT2D eigenvalue weighted by Crippen LogP contribution is -2.40. The van der Waals surface area contributed by atoms with E-state index in [4.69, 9.17) is 4.74 Å². The van der Waals surface area contributed by atoms with Crippen LogP contribution in [0.3, 0.4) is 0 Å². The van der Waals surface area contributed by atoms with Crippen molar-refractivity contribution in [1.82, 2.24) is 14.5 Å². The monoisotopic (exact) mass is 622 g/mol. The second kappa shape index (κ2) is 13.2. The third kappa shape index (κ3) is 5.99. The van der Waals surface area contributed by atoms with Crippen LogP contribution < -0.4 is 20.7 Å². The Bertz CT molecular complexity index is 1830. The average molecular weight is 623 g/mol. The van der Waals surface area contributed by atoms with Gasteiger partial charge in [-0.3, -0.25) is 14.4 Å². The Morgan fingerprint density at radius 1 is 1.02 bits per heavy atom. The number of amides is 2. The van der Waals surface area contributed by atoms with Crippen LogP contribution in [-0.4, -0.2) is 77.8 Å². The van der Waals surface area contributed by atoms with Gasteiger partial charge in [-0.25, -0.2) is 4.98 Å². The number of hydrogen-bond acceptors (Lipinski definition) is 8. The summed E-state index contributed by atoms with van der Waals surface area (Å²) < 4.78 is 6.77. The number of carbonyl (C=O) groups is 2. The maximum absolute atomic E-state index is 13.7. The minimum atomic E-state index is -0.338. The quantitative estimate of drug-likeness (QED) is 0.305. The van der Waals surface area contributed by atoms with E-state index in [2.05, 4.69) is 28.2 Å². The van der Waals surface area contributed by atoms with Crippen LogP contribution in [-0.2, 0) is 24.8 Å². The van der Waals surface area contributed by atoms with E-state index in [-0.39, 0.29) is 29.8 Å². The van der Waals surface area contributed by atoms with Crippen molar-refractivity contribution in [3.8, 4) is 11.3 Å².